The minimum atomic E-state index is -0.238. The molecule has 2 aromatic heterocycles. The third-order valence-corrected chi connectivity index (χ3v) is 4.72. The average Bonchev–Trinajstić information content (AvgIpc) is 3.27. The van der Waals surface area contributed by atoms with Crippen molar-refractivity contribution in [2.45, 2.75) is 62.5 Å². The summed E-state index contributed by atoms with van der Waals surface area (Å²) in [5.74, 6) is 0.870. The van der Waals surface area contributed by atoms with Crippen molar-refractivity contribution in [3.63, 3.8) is 0 Å². The molecule has 0 saturated heterocycles. The molecule has 3 rings (SSSR count). The highest BCUT2D eigenvalue weighted by molar-refractivity contribution is 8.00. The van der Waals surface area contributed by atoms with Crippen LogP contribution in [0.1, 0.15) is 46.6 Å². The van der Waals surface area contributed by atoms with Crippen molar-refractivity contribution >= 4 is 17.7 Å². The molecule has 1 aliphatic rings. The molecule has 0 bridgehead atoms. The van der Waals surface area contributed by atoms with Gasteiger partial charge in [-0.2, -0.15) is 0 Å². The number of hydrogen-bond acceptors (Lipinski definition) is 5. The number of thioether (sulfide) groups is 1. The zero-order valence-corrected chi connectivity index (χ0v) is 15.3. The Morgan fingerprint density at radius 3 is 2.54 bits per heavy atom. The largest absolute Gasteiger partial charge is 0.351 e. The van der Waals surface area contributed by atoms with Crippen molar-refractivity contribution in [3.8, 4) is 11.4 Å². The first-order valence-electron chi connectivity index (χ1n) is 8.19. The Balaban J connectivity index is 1.82. The lowest BCUT2D eigenvalue weighted by Gasteiger charge is -2.23. The van der Waals surface area contributed by atoms with E-state index in [9.17, 15) is 4.79 Å². The molecule has 7 heteroatoms. The molecule has 1 saturated carbocycles. The van der Waals surface area contributed by atoms with Crippen molar-refractivity contribution in [2.24, 2.45) is 0 Å². The molecule has 0 spiro atoms. The third-order valence-electron chi connectivity index (χ3n) is 3.66. The lowest BCUT2D eigenvalue weighted by Crippen LogP contribution is -2.44. The molecule has 0 radical (unpaired) electrons. The smallest absolute Gasteiger partial charge is 0.233 e. The van der Waals surface area contributed by atoms with Gasteiger partial charge in [0.2, 0.25) is 5.91 Å². The van der Waals surface area contributed by atoms with Crippen LogP contribution in [-0.4, -0.2) is 36.4 Å². The molecule has 1 amide bonds. The fraction of sp³-hybridized carbons (Fsp3) is 0.529. The van der Waals surface area contributed by atoms with E-state index in [-0.39, 0.29) is 16.7 Å². The van der Waals surface area contributed by atoms with Gasteiger partial charge < -0.3 is 5.32 Å². The molecular weight excluding hydrogens is 322 g/mol. The van der Waals surface area contributed by atoms with Gasteiger partial charge in [-0.05, 0) is 52.7 Å². The fourth-order valence-electron chi connectivity index (χ4n) is 2.40. The van der Waals surface area contributed by atoms with E-state index in [1.54, 1.807) is 12.4 Å². The molecule has 6 nitrogen and oxygen atoms in total. The van der Waals surface area contributed by atoms with Crippen LogP contribution in [0.2, 0.25) is 0 Å². The van der Waals surface area contributed by atoms with Crippen LogP contribution in [0.15, 0.2) is 29.7 Å². The lowest BCUT2D eigenvalue weighted by atomic mass is 10.1. The molecule has 1 fully saturated rings. The number of pyridine rings is 1. The van der Waals surface area contributed by atoms with Crippen LogP contribution >= 0.6 is 11.8 Å². The predicted molar refractivity (Wildman–Crippen MR) is 94.7 cm³/mol. The van der Waals surface area contributed by atoms with Crippen LogP contribution in [0.4, 0.5) is 0 Å². The van der Waals surface area contributed by atoms with E-state index in [1.165, 1.54) is 11.8 Å². The maximum absolute atomic E-state index is 12.3. The first-order valence-corrected chi connectivity index (χ1v) is 9.07. The normalized spacial score (nSPS) is 16.0. The van der Waals surface area contributed by atoms with Gasteiger partial charge in [0.1, 0.15) is 0 Å². The Labute approximate surface area is 146 Å². The average molecular weight is 345 g/mol. The summed E-state index contributed by atoms with van der Waals surface area (Å²) in [6.45, 7) is 7.85. The van der Waals surface area contributed by atoms with E-state index < -0.39 is 0 Å². The summed E-state index contributed by atoms with van der Waals surface area (Å²) in [6.07, 6.45) is 5.78. The summed E-state index contributed by atoms with van der Waals surface area (Å²) in [5, 5.41) is 12.3. The van der Waals surface area contributed by atoms with Crippen molar-refractivity contribution in [1.82, 2.24) is 25.1 Å². The Morgan fingerprint density at radius 1 is 1.29 bits per heavy atom. The topological polar surface area (TPSA) is 72.7 Å². The SMILES string of the molecule is C[C@@H](Sc1nnc(-c2ccncc2)n1C1CC1)C(=O)NC(C)(C)C. The Hall–Kier alpha value is -1.89. The van der Waals surface area contributed by atoms with Gasteiger partial charge in [-0.15, -0.1) is 10.2 Å². The van der Waals surface area contributed by atoms with Gasteiger partial charge in [-0.3, -0.25) is 14.3 Å². The van der Waals surface area contributed by atoms with E-state index in [2.05, 4.69) is 25.1 Å². The van der Waals surface area contributed by atoms with Gasteiger partial charge >= 0.3 is 0 Å². The van der Waals surface area contributed by atoms with Crippen molar-refractivity contribution in [1.29, 1.82) is 0 Å². The summed E-state index contributed by atoms with van der Waals surface area (Å²) >= 11 is 1.46. The lowest BCUT2D eigenvalue weighted by molar-refractivity contribution is -0.121. The minimum Gasteiger partial charge on any atom is -0.351 e. The maximum atomic E-state index is 12.3. The van der Waals surface area contributed by atoms with Gasteiger partial charge in [0.25, 0.3) is 0 Å². The summed E-state index contributed by atoms with van der Waals surface area (Å²) in [4.78, 5) is 16.4. The second kappa shape index (κ2) is 6.55. The molecule has 0 unspecified atom stereocenters. The monoisotopic (exact) mass is 345 g/mol. The highest BCUT2D eigenvalue weighted by Gasteiger charge is 2.31. The quantitative estimate of drug-likeness (QED) is 0.843. The highest BCUT2D eigenvalue weighted by atomic mass is 32.2. The number of carbonyl (C=O) groups is 1. The summed E-state index contributed by atoms with van der Waals surface area (Å²) < 4.78 is 2.17. The van der Waals surface area contributed by atoms with Crippen LogP contribution < -0.4 is 5.32 Å². The molecule has 0 aromatic carbocycles. The van der Waals surface area contributed by atoms with Gasteiger partial charge in [0.15, 0.2) is 11.0 Å². The molecule has 1 N–H and O–H groups in total. The van der Waals surface area contributed by atoms with Crippen molar-refractivity contribution in [3.05, 3.63) is 24.5 Å². The summed E-state index contributed by atoms with van der Waals surface area (Å²) in [6, 6.07) is 4.31. The molecule has 0 aliphatic heterocycles. The molecule has 2 aromatic rings. The molecule has 1 aliphatic carbocycles. The van der Waals surface area contributed by atoms with Gasteiger partial charge in [0.05, 0.1) is 5.25 Å². The van der Waals surface area contributed by atoms with E-state index in [0.29, 0.717) is 6.04 Å². The fourth-order valence-corrected chi connectivity index (χ4v) is 3.32. The molecule has 2 heterocycles. The number of nitrogens with zero attached hydrogens (tertiary/aromatic N) is 4. The maximum Gasteiger partial charge on any atom is 0.233 e. The molecular formula is C17H23N5OS. The van der Waals surface area contributed by atoms with E-state index >= 15 is 0 Å². The van der Waals surface area contributed by atoms with Gasteiger partial charge in [-0.1, -0.05) is 11.8 Å². The second-order valence-corrected chi connectivity index (χ2v) is 8.45. The van der Waals surface area contributed by atoms with Gasteiger partial charge in [-0.25, -0.2) is 0 Å². The zero-order chi connectivity index (χ0) is 17.3. The Kier molecular flexibility index (Phi) is 4.62. The minimum absolute atomic E-state index is 0.0170. The molecule has 1 atom stereocenters. The highest BCUT2D eigenvalue weighted by Crippen LogP contribution is 2.41. The predicted octanol–water partition coefficient (Wildman–Crippen LogP) is 3.07. The first kappa shape index (κ1) is 17.0. The van der Waals surface area contributed by atoms with E-state index in [4.69, 9.17) is 0 Å². The number of nitrogens with one attached hydrogen (secondary N) is 1. The number of carbonyl (C=O) groups excluding carboxylic acids is 1. The van der Waals surface area contributed by atoms with Crippen LogP contribution in [0.25, 0.3) is 11.4 Å². The number of rotatable bonds is 5. The summed E-state index contributed by atoms with van der Waals surface area (Å²) in [7, 11) is 0. The first-order chi connectivity index (χ1) is 11.3. The third kappa shape index (κ3) is 3.95. The van der Waals surface area contributed by atoms with E-state index in [1.807, 2.05) is 39.8 Å². The Morgan fingerprint density at radius 2 is 1.96 bits per heavy atom. The number of amides is 1. The molecule has 128 valence electrons. The second-order valence-electron chi connectivity index (χ2n) is 7.14. The van der Waals surface area contributed by atoms with Gasteiger partial charge in [0, 0.05) is 29.5 Å². The zero-order valence-electron chi connectivity index (χ0n) is 14.5. The molecule has 24 heavy (non-hydrogen) atoms. The van der Waals surface area contributed by atoms with Crippen molar-refractivity contribution in [2.75, 3.05) is 0 Å². The van der Waals surface area contributed by atoms with Crippen LogP contribution in [0.3, 0.4) is 0 Å². The number of hydrogen-bond donors (Lipinski definition) is 1. The standard InChI is InChI=1S/C17H23N5OS/c1-11(15(23)19-17(2,3)4)24-16-21-20-14(22(16)13-5-6-13)12-7-9-18-10-8-12/h7-11,13H,5-6H2,1-4H3,(H,19,23)/t11-/m1/s1. The van der Waals surface area contributed by atoms with E-state index in [0.717, 1.165) is 29.4 Å². The number of aromatic nitrogens is 4. The Bertz CT molecular complexity index is 718. The van der Waals surface area contributed by atoms with Crippen molar-refractivity contribution < 1.29 is 4.79 Å². The van der Waals surface area contributed by atoms with Crippen LogP contribution in [0.5, 0.6) is 0 Å². The summed E-state index contributed by atoms with van der Waals surface area (Å²) in [5.41, 5.74) is 0.765. The van der Waals surface area contributed by atoms with Crippen LogP contribution in [0, 0.1) is 0 Å². The van der Waals surface area contributed by atoms with Crippen LogP contribution in [-0.2, 0) is 4.79 Å².